The lowest BCUT2D eigenvalue weighted by Gasteiger charge is -2.19. The Kier molecular flexibility index (Phi) is 13.8. The Labute approximate surface area is 146 Å². The first-order valence-electron chi connectivity index (χ1n) is 7.22. The van der Waals surface area contributed by atoms with E-state index >= 15 is 0 Å². The molecule has 0 aliphatic carbocycles. The van der Waals surface area contributed by atoms with Gasteiger partial charge in [0.2, 0.25) is 5.91 Å². The highest BCUT2D eigenvalue weighted by atomic mass is 127. The summed E-state index contributed by atoms with van der Waals surface area (Å²) in [6.07, 6.45) is 4.01. The second-order valence-electron chi connectivity index (χ2n) is 5.64. The van der Waals surface area contributed by atoms with Crippen molar-refractivity contribution in [1.29, 1.82) is 0 Å². The predicted octanol–water partition coefficient (Wildman–Crippen LogP) is 2.24. The van der Waals surface area contributed by atoms with Gasteiger partial charge < -0.3 is 15.5 Å². The van der Waals surface area contributed by atoms with Gasteiger partial charge in [0.1, 0.15) is 6.54 Å². The predicted molar refractivity (Wildman–Crippen MR) is 101 cm³/mol. The molecule has 0 saturated carbocycles. The van der Waals surface area contributed by atoms with E-state index in [2.05, 4.69) is 43.0 Å². The number of carbonyl (C=O) groups excluding carboxylic acids is 1. The molecule has 5 nitrogen and oxygen atoms in total. The number of carbonyl (C=O) groups is 1. The summed E-state index contributed by atoms with van der Waals surface area (Å²) in [4.78, 5) is 17.4. The number of hydrogen-bond donors (Lipinski definition) is 2. The largest absolute Gasteiger partial charge is 0.354 e. The monoisotopic (exact) mass is 410 g/mol. The van der Waals surface area contributed by atoms with Gasteiger partial charge in [0, 0.05) is 26.7 Å². The van der Waals surface area contributed by atoms with E-state index in [9.17, 15) is 4.79 Å². The Balaban J connectivity index is 0. The second-order valence-corrected chi connectivity index (χ2v) is 5.64. The number of likely N-dealkylation sites (N-methyl/N-ethyl adjacent to an activating group) is 1. The quantitative estimate of drug-likeness (QED) is 0.279. The van der Waals surface area contributed by atoms with Crippen molar-refractivity contribution in [3.63, 3.8) is 0 Å². The molecule has 1 atom stereocenters. The topological polar surface area (TPSA) is 56.7 Å². The van der Waals surface area contributed by atoms with E-state index < -0.39 is 0 Å². The van der Waals surface area contributed by atoms with Crippen LogP contribution in [-0.2, 0) is 4.79 Å². The fraction of sp³-hybridized carbons (Fsp3) is 0.733. The van der Waals surface area contributed by atoms with Crippen LogP contribution in [0.4, 0.5) is 0 Å². The molecule has 0 saturated heterocycles. The van der Waals surface area contributed by atoms with Crippen LogP contribution >= 0.6 is 24.0 Å². The molecule has 0 aliphatic rings. The Bertz CT molecular complexity index is 330. The summed E-state index contributed by atoms with van der Waals surface area (Å²) in [5.41, 5.74) is 0. The highest BCUT2D eigenvalue weighted by Gasteiger charge is 2.08. The minimum absolute atomic E-state index is 0. The molecule has 0 spiro atoms. The maximum atomic E-state index is 11.6. The van der Waals surface area contributed by atoms with Crippen LogP contribution in [0.5, 0.6) is 0 Å². The number of guanidine groups is 1. The molecule has 0 fully saturated rings. The zero-order valence-corrected chi connectivity index (χ0v) is 16.3. The summed E-state index contributed by atoms with van der Waals surface area (Å²) >= 11 is 0. The van der Waals surface area contributed by atoms with Crippen LogP contribution < -0.4 is 10.6 Å². The lowest BCUT2D eigenvalue weighted by molar-refractivity contribution is -0.127. The summed E-state index contributed by atoms with van der Waals surface area (Å²) in [5.74, 6) is 1.34. The number of nitrogens with one attached hydrogen (secondary N) is 2. The average molecular weight is 410 g/mol. The fourth-order valence-electron chi connectivity index (χ4n) is 1.50. The van der Waals surface area contributed by atoms with Crippen molar-refractivity contribution in [2.75, 3.05) is 27.2 Å². The summed E-state index contributed by atoms with van der Waals surface area (Å²) in [7, 11) is 3.46. The fourth-order valence-corrected chi connectivity index (χ4v) is 1.50. The number of halogens is 1. The third kappa shape index (κ3) is 12.6. The number of aliphatic imine (C=N–C) groups is 1. The van der Waals surface area contributed by atoms with Gasteiger partial charge in [-0.3, -0.25) is 4.79 Å². The van der Waals surface area contributed by atoms with Crippen LogP contribution in [0.2, 0.25) is 0 Å². The van der Waals surface area contributed by atoms with Crippen molar-refractivity contribution in [2.45, 2.75) is 39.7 Å². The Morgan fingerprint density at radius 1 is 1.29 bits per heavy atom. The van der Waals surface area contributed by atoms with E-state index in [4.69, 9.17) is 0 Å². The molecular weight excluding hydrogens is 379 g/mol. The number of nitrogens with zero attached hydrogens (tertiary/aromatic N) is 2. The maximum Gasteiger partial charge on any atom is 0.243 e. The summed E-state index contributed by atoms with van der Waals surface area (Å²) in [6.45, 7) is 11.0. The molecule has 1 amide bonds. The van der Waals surface area contributed by atoms with Crippen molar-refractivity contribution in [1.82, 2.24) is 15.5 Å². The Hall–Kier alpha value is -0.790. The molecule has 0 aromatic heterocycles. The molecular formula is C15H31IN4O. The highest BCUT2D eigenvalue weighted by Crippen LogP contribution is 2.06. The van der Waals surface area contributed by atoms with Gasteiger partial charge >= 0.3 is 0 Å². The van der Waals surface area contributed by atoms with Gasteiger partial charge in [-0.1, -0.05) is 19.9 Å². The standard InChI is InChI=1S/C15H30N4O.HI/c1-7-10-16-15(17-11-14(20)19(5)6)18-13(4)9-8-12(2)3;/h7,12-13H,1,8-11H2,2-6H3,(H2,16,17,18);1H. The first kappa shape index (κ1) is 22.5. The van der Waals surface area contributed by atoms with E-state index in [0.29, 0.717) is 24.5 Å². The SMILES string of the molecule is C=CCNC(=NCC(=O)N(C)C)NC(C)CCC(C)C.I. The zero-order valence-electron chi connectivity index (χ0n) is 14.0. The normalized spacial score (nSPS) is 12.4. The molecule has 6 heteroatoms. The first-order chi connectivity index (χ1) is 9.36. The minimum atomic E-state index is -0.0143. The third-order valence-electron chi connectivity index (χ3n) is 2.85. The van der Waals surface area contributed by atoms with Crippen LogP contribution in [0.1, 0.15) is 33.6 Å². The van der Waals surface area contributed by atoms with E-state index in [1.807, 2.05) is 0 Å². The van der Waals surface area contributed by atoms with E-state index in [1.165, 1.54) is 11.3 Å². The van der Waals surface area contributed by atoms with Gasteiger partial charge in [-0.25, -0.2) is 4.99 Å². The van der Waals surface area contributed by atoms with Gasteiger partial charge in [-0.2, -0.15) is 0 Å². The number of amides is 1. The summed E-state index contributed by atoms with van der Waals surface area (Å²) < 4.78 is 0. The third-order valence-corrected chi connectivity index (χ3v) is 2.85. The molecule has 0 rings (SSSR count). The first-order valence-corrected chi connectivity index (χ1v) is 7.22. The lowest BCUT2D eigenvalue weighted by atomic mass is 10.0. The average Bonchev–Trinajstić information content (AvgIpc) is 2.38. The molecule has 2 N–H and O–H groups in total. The van der Waals surface area contributed by atoms with Crippen molar-refractivity contribution in [2.24, 2.45) is 10.9 Å². The molecule has 21 heavy (non-hydrogen) atoms. The smallest absolute Gasteiger partial charge is 0.243 e. The molecule has 0 aromatic carbocycles. The van der Waals surface area contributed by atoms with Crippen LogP contribution in [0.25, 0.3) is 0 Å². The van der Waals surface area contributed by atoms with Gasteiger partial charge in [-0.15, -0.1) is 30.6 Å². The van der Waals surface area contributed by atoms with Gasteiger partial charge in [-0.05, 0) is 25.7 Å². The second kappa shape index (κ2) is 12.9. The minimum Gasteiger partial charge on any atom is -0.354 e. The molecule has 0 aromatic rings. The van der Waals surface area contributed by atoms with Gasteiger partial charge in [0.15, 0.2) is 5.96 Å². The highest BCUT2D eigenvalue weighted by molar-refractivity contribution is 14.0. The van der Waals surface area contributed by atoms with E-state index in [0.717, 1.165) is 6.42 Å². The van der Waals surface area contributed by atoms with E-state index in [-0.39, 0.29) is 36.4 Å². The van der Waals surface area contributed by atoms with Crippen LogP contribution in [0, 0.1) is 5.92 Å². The van der Waals surface area contributed by atoms with Crippen LogP contribution in [0.15, 0.2) is 17.6 Å². The van der Waals surface area contributed by atoms with Crippen LogP contribution in [0.3, 0.4) is 0 Å². The molecule has 1 unspecified atom stereocenters. The number of hydrogen-bond acceptors (Lipinski definition) is 2. The number of rotatable bonds is 8. The summed E-state index contributed by atoms with van der Waals surface area (Å²) in [5, 5.41) is 6.45. The van der Waals surface area contributed by atoms with Crippen molar-refractivity contribution in [3.8, 4) is 0 Å². The Morgan fingerprint density at radius 2 is 1.90 bits per heavy atom. The van der Waals surface area contributed by atoms with Crippen molar-refractivity contribution >= 4 is 35.8 Å². The zero-order chi connectivity index (χ0) is 15.5. The van der Waals surface area contributed by atoms with Crippen molar-refractivity contribution < 1.29 is 4.79 Å². The summed E-state index contributed by atoms with van der Waals surface area (Å²) in [6, 6.07) is 0.322. The molecule has 0 radical (unpaired) electrons. The lowest BCUT2D eigenvalue weighted by Crippen LogP contribution is -2.43. The Morgan fingerprint density at radius 3 is 2.38 bits per heavy atom. The van der Waals surface area contributed by atoms with Crippen LogP contribution in [-0.4, -0.2) is 50.0 Å². The van der Waals surface area contributed by atoms with Crippen molar-refractivity contribution in [3.05, 3.63) is 12.7 Å². The molecule has 124 valence electrons. The van der Waals surface area contributed by atoms with E-state index in [1.54, 1.807) is 20.2 Å². The maximum absolute atomic E-state index is 11.6. The molecule has 0 aliphatic heterocycles. The molecule has 0 heterocycles. The molecule has 0 bridgehead atoms. The van der Waals surface area contributed by atoms with Gasteiger partial charge in [0.25, 0.3) is 0 Å². The van der Waals surface area contributed by atoms with Gasteiger partial charge in [0.05, 0.1) is 0 Å².